The van der Waals surface area contributed by atoms with E-state index < -0.39 is 0 Å². The molecule has 0 fully saturated rings. The first-order valence-corrected chi connectivity index (χ1v) is 7.26. The third-order valence-corrected chi connectivity index (χ3v) is 3.20. The molecule has 23 heavy (non-hydrogen) atoms. The first-order valence-electron chi connectivity index (χ1n) is 6.89. The summed E-state index contributed by atoms with van der Waals surface area (Å²) in [4.78, 5) is 20.4. The van der Waals surface area contributed by atoms with E-state index in [1.54, 1.807) is 44.4 Å². The summed E-state index contributed by atoms with van der Waals surface area (Å²) in [6.07, 6.45) is 1.60. The van der Waals surface area contributed by atoms with Crippen molar-refractivity contribution in [3.05, 3.63) is 53.5 Å². The topological polar surface area (TPSA) is 76.1 Å². The van der Waals surface area contributed by atoms with Gasteiger partial charge in [-0.15, -0.1) is 6.58 Å². The minimum atomic E-state index is -0.286. The highest BCUT2D eigenvalue weighted by Gasteiger charge is 2.10. The lowest BCUT2D eigenvalue weighted by Gasteiger charge is -2.10. The highest BCUT2D eigenvalue weighted by molar-refractivity contribution is 6.32. The number of aromatic nitrogens is 2. The molecular formula is C16H17ClN4O2. The number of carbonyl (C=O) groups excluding carboxylic acids is 1. The van der Waals surface area contributed by atoms with Crippen LogP contribution in [0.25, 0.3) is 0 Å². The standard InChI is InChI=1S/C16H17ClN4O2/c1-4-7-18-16(22)13-9-15(20-10(2)19-13)21-11-5-6-14(23-3)12(17)8-11/h4-6,8-9H,1,7H2,2-3H3,(H,18,22)(H,19,20,21). The number of amides is 1. The van der Waals surface area contributed by atoms with Crippen LogP contribution in [-0.2, 0) is 0 Å². The monoisotopic (exact) mass is 332 g/mol. The summed E-state index contributed by atoms with van der Waals surface area (Å²) >= 11 is 6.09. The van der Waals surface area contributed by atoms with Gasteiger partial charge in [-0.2, -0.15) is 0 Å². The average Bonchev–Trinajstić information content (AvgIpc) is 2.52. The maximum absolute atomic E-state index is 12.0. The Hall–Kier alpha value is -2.60. The Morgan fingerprint density at radius 3 is 2.83 bits per heavy atom. The quantitative estimate of drug-likeness (QED) is 0.795. The van der Waals surface area contributed by atoms with Crippen molar-refractivity contribution in [1.82, 2.24) is 15.3 Å². The van der Waals surface area contributed by atoms with Crippen LogP contribution in [0, 0.1) is 6.92 Å². The molecule has 2 aromatic rings. The van der Waals surface area contributed by atoms with E-state index >= 15 is 0 Å². The van der Waals surface area contributed by atoms with Crippen molar-refractivity contribution < 1.29 is 9.53 Å². The smallest absolute Gasteiger partial charge is 0.270 e. The Labute approximate surface area is 139 Å². The Balaban J connectivity index is 2.23. The van der Waals surface area contributed by atoms with Crippen LogP contribution in [0.15, 0.2) is 36.9 Å². The first-order chi connectivity index (χ1) is 11.0. The highest BCUT2D eigenvalue weighted by Crippen LogP contribution is 2.28. The maximum Gasteiger partial charge on any atom is 0.270 e. The molecule has 0 bridgehead atoms. The number of halogens is 1. The summed E-state index contributed by atoms with van der Waals surface area (Å²) < 4.78 is 5.11. The molecule has 1 amide bonds. The predicted octanol–water partition coefficient (Wildman–Crippen LogP) is 3.11. The van der Waals surface area contributed by atoms with Gasteiger partial charge < -0.3 is 15.4 Å². The summed E-state index contributed by atoms with van der Waals surface area (Å²) in [6.45, 7) is 5.65. The summed E-state index contributed by atoms with van der Waals surface area (Å²) in [7, 11) is 1.55. The van der Waals surface area contributed by atoms with Crippen LogP contribution in [-0.4, -0.2) is 29.5 Å². The van der Waals surface area contributed by atoms with Crippen LogP contribution in [0.1, 0.15) is 16.3 Å². The van der Waals surface area contributed by atoms with Gasteiger partial charge in [0.15, 0.2) is 0 Å². The van der Waals surface area contributed by atoms with E-state index in [1.165, 1.54) is 0 Å². The highest BCUT2D eigenvalue weighted by atomic mass is 35.5. The van der Waals surface area contributed by atoms with Crippen LogP contribution in [0.2, 0.25) is 5.02 Å². The number of hydrogen-bond acceptors (Lipinski definition) is 5. The molecule has 2 N–H and O–H groups in total. The van der Waals surface area contributed by atoms with E-state index in [0.717, 1.165) is 5.69 Å². The predicted molar refractivity (Wildman–Crippen MR) is 90.6 cm³/mol. The zero-order chi connectivity index (χ0) is 16.8. The molecule has 120 valence electrons. The number of aryl methyl sites for hydroxylation is 1. The Kier molecular flexibility index (Phi) is 5.54. The molecule has 1 heterocycles. The molecule has 0 aliphatic rings. The van der Waals surface area contributed by atoms with E-state index in [4.69, 9.17) is 16.3 Å². The first kappa shape index (κ1) is 16.8. The molecular weight excluding hydrogens is 316 g/mol. The molecule has 2 rings (SSSR count). The second-order valence-electron chi connectivity index (χ2n) is 4.66. The van der Waals surface area contributed by atoms with Crippen molar-refractivity contribution in [2.45, 2.75) is 6.92 Å². The van der Waals surface area contributed by atoms with Crippen LogP contribution in [0.3, 0.4) is 0 Å². The van der Waals surface area contributed by atoms with Crippen LogP contribution in [0.5, 0.6) is 5.75 Å². The number of hydrogen-bond donors (Lipinski definition) is 2. The fourth-order valence-corrected chi connectivity index (χ4v) is 2.15. The maximum atomic E-state index is 12.0. The van der Waals surface area contributed by atoms with Crippen molar-refractivity contribution in [1.29, 1.82) is 0 Å². The van der Waals surface area contributed by atoms with Crippen molar-refractivity contribution in [2.24, 2.45) is 0 Å². The van der Waals surface area contributed by atoms with Gasteiger partial charge in [0, 0.05) is 18.3 Å². The number of anilines is 2. The number of nitrogens with zero attached hydrogens (tertiary/aromatic N) is 2. The number of ether oxygens (including phenoxy) is 1. The minimum absolute atomic E-state index is 0.279. The second-order valence-corrected chi connectivity index (χ2v) is 5.07. The van der Waals surface area contributed by atoms with Gasteiger partial charge in [-0.1, -0.05) is 17.7 Å². The van der Waals surface area contributed by atoms with Gasteiger partial charge in [-0.25, -0.2) is 9.97 Å². The Morgan fingerprint density at radius 2 is 2.17 bits per heavy atom. The number of carbonyl (C=O) groups is 1. The second kappa shape index (κ2) is 7.60. The lowest BCUT2D eigenvalue weighted by Crippen LogP contribution is -2.24. The van der Waals surface area contributed by atoms with Crippen molar-refractivity contribution >= 4 is 29.0 Å². The van der Waals surface area contributed by atoms with Gasteiger partial charge in [-0.05, 0) is 25.1 Å². The molecule has 0 saturated carbocycles. The normalized spacial score (nSPS) is 10.0. The fourth-order valence-electron chi connectivity index (χ4n) is 1.90. The third-order valence-electron chi connectivity index (χ3n) is 2.90. The number of nitrogens with one attached hydrogen (secondary N) is 2. The molecule has 6 nitrogen and oxygen atoms in total. The molecule has 0 saturated heterocycles. The molecule has 0 aliphatic heterocycles. The van der Waals surface area contributed by atoms with Gasteiger partial charge in [-0.3, -0.25) is 4.79 Å². The number of benzene rings is 1. The van der Waals surface area contributed by atoms with Gasteiger partial charge in [0.05, 0.1) is 12.1 Å². The summed E-state index contributed by atoms with van der Waals surface area (Å²) in [5.74, 6) is 1.28. The largest absolute Gasteiger partial charge is 0.495 e. The molecule has 0 spiro atoms. The van der Waals surface area contributed by atoms with E-state index in [-0.39, 0.29) is 11.6 Å². The zero-order valence-electron chi connectivity index (χ0n) is 12.9. The number of methoxy groups -OCH3 is 1. The lowest BCUT2D eigenvalue weighted by atomic mass is 10.3. The molecule has 1 aromatic heterocycles. The fraction of sp³-hybridized carbons (Fsp3) is 0.188. The van der Waals surface area contributed by atoms with Crippen LogP contribution < -0.4 is 15.4 Å². The summed E-state index contributed by atoms with van der Waals surface area (Å²) in [6, 6.07) is 6.84. The molecule has 0 unspecified atom stereocenters. The summed E-state index contributed by atoms with van der Waals surface area (Å²) in [5, 5.41) is 6.25. The van der Waals surface area contributed by atoms with E-state index in [0.29, 0.717) is 29.0 Å². The lowest BCUT2D eigenvalue weighted by molar-refractivity contribution is 0.0952. The van der Waals surface area contributed by atoms with Crippen molar-refractivity contribution in [3.8, 4) is 5.75 Å². The van der Waals surface area contributed by atoms with E-state index in [1.807, 2.05) is 0 Å². The van der Waals surface area contributed by atoms with Gasteiger partial charge in [0.2, 0.25) is 0 Å². The van der Waals surface area contributed by atoms with Crippen LogP contribution in [0.4, 0.5) is 11.5 Å². The Morgan fingerprint density at radius 1 is 1.39 bits per heavy atom. The number of rotatable bonds is 6. The van der Waals surface area contributed by atoms with E-state index in [2.05, 4.69) is 27.2 Å². The third kappa shape index (κ3) is 4.43. The molecule has 0 radical (unpaired) electrons. The Bertz CT molecular complexity index is 734. The molecule has 0 aliphatic carbocycles. The summed E-state index contributed by atoms with van der Waals surface area (Å²) in [5.41, 5.74) is 1.01. The molecule has 7 heteroatoms. The van der Waals surface area contributed by atoms with Gasteiger partial charge >= 0.3 is 0 Å². The van der Waals surface area contributed by atoms with Gasteiger partial charge in [0.25, 0.3) is 5.91 Å². The van der Waals surface area contributed by atoms with E-state index in [9.17, 15) is 4.79 Å². The molecule has 1 aromatic carbocycles. The van der Waals surface area contributed by atoms with Crippen LogP contribution >= 0.6 is 11.6 Å². The SMILES string of the molecule is C=CCNC(=O)c1cc(Nc2ccc(OC)c(Cl)c2)nc(C)n1. The minimum Gasteiger partial charge on any atom is -0.495 e. The van der Waals surface area contributed by atoms with Crippen molar-refractivity contribution in [3.63, 3.8) is 0 Å². The van der Waals surface area contributed by atoms with Gasteiger partial charge in [0.1, 0.15) is 23.1 Å². The van der Waals surface area contributed by atoms with Crippen molar-refractivity contribution in [2.75, 3.05) is 19.0 Å². The zero-order valence-corrected chi connectivity index (χ0v) is 13.6. The average molecular weight is 333 g/mol. The molecule has 0 atom stereocenters.